The molecule has 0 saturated heterocycles. The van der Waals surface area contributed by atoms with Crippen LogP contribution in [0.5, 0.6) is 0 Å². The molecule has 1 aromatic heterocycles. The van der Waals surface area contributed by atoms with Gasteiger partial charge >= 0.3 is 6.03 Å². The summed E-state index contributed by atoms with van der Waals surface area (Å²) in [6.07, 6.45) is 1.48. The second kappa shape index (κ2) is 7.31. The van der Waals surface area contributed by atoms with Crippen LogP contribution in [0, 0.1) is 6.92 Å². The van der Waals surface area contributed by atoms with Crippen LogP contribution in [0.15, 0.2) is 47.5 Å². The summed E-state index contributed by atoms with van der Waals surface area (Å²) in [5, 5.41) is 5.43. The number of nitrogens with one attached hydrogen (secondary N) is 3. The van der Waals surface area contributed by atoms with Crippen molar-refractivity contribution in [1.29, 1.82) is 0 Å². The highest BCUT2D eigenvalue weighted by Gasteiger charge is 2.22. The average molecular weight is 348 g/mol. The van der Waals surface area contributed by atoms with Gasteiger partial charge in [-0.3, -0.25) is 0 Å². The van der Waals surface area contributed by atoms with Crippen LogP contribution in [-0.4, -0.2) is 25.5 Å². The van der Waals surface area contributed by atoms with Crippen molar-refractivity contribution in [3.05, 3.63) is 48.2 Å². The zero-order chi connectivity index (χ0) is 17.7. The van der Waals surface area contributed by atoms with Gasteiger partial charge in [-0.05, 0) is 45.0 Å². The standard InChI is InChI=1S/C16H20N4O3S/c1-11(2)18-16(21)20-24(22,23)14-5-4-10-17-15(14)19-13-8-6-12(3)7-9-13/h4-11H,1-3H3,(H,17,19)(H2,18,20,21). The molecule has 128 valence electrons. The Bertz CT molecular complexity index is 817. The lowest BCUT2D eigenvalue weighted by Gasteiger charge is -2.14. The summed E-state index contributed by atoms with van der Waals surface area (Å²) in [4.78, 5) is 15.7. The van der Waals surface area contributed by atoms with Crippen LogP contribution in [0.3, 0.4) is 0 Å². The highest BCUT2D eigenvalue weighted by atomic mass is 32.2. The second-order valence-electron chi connectivity index (χ2n) is 5.57. The first-order chi connectivity index (χ1) is 11.3. The fraction of sp³-hybridized carbons (Fsp3) is 0.250. The molecule has 1 heterocycles. The summed E-state index contributed by atoms with van der Waals surface area (Å²) in [6.45, 7) is 5.43. The lowest BCUT2D eigenvalue weighted by atomic mass is 10.2. The molecule has 0 radical (unpaired) electrons. The molecule has 2 rings (SSSR count). The van der Waals surface area contributed by atoms with Crippen LogP contribution < -0.4 is 15.4 Å². The monoisotopic (exact) mass is 348 g/mol. The predicted octanol–water partition coefficient (Wildman–Crippen LogP) is 2.53. The SMILES string of the molecule is Cc1ccc(Nc2ncccc2S(=O)(=O)NC(=O)NC(C)C)cc1. The molecule has 0 saturated carbocycles. The Morgan fingerprint density at radius 2 is 1.79 bits per heavy atom. The van der Waals surface area contributed by atoms with Crippen molar-refractivity contribution in [3.8, 4) is 0 Å². The van der Waals surface area contributed by atoms with E-state index in [1.54, 1.807) is 13.8 Å². The second-order valence-corrected chi connectivity index (χ2v) is 7.23. The average Bonchev–Trinajstić information content (AvgIpc) is 2.48. The molecule has 0 aliphatic heterocycles. The van der Waals surface area contributed by atoms with Crippen molar-refractivity contribution in [1.82, 2.24) is 15.0 Å². The van der Waals surface area contributed by atoms with Gasteiger partial charge in [-0.1, -0.05) is 17.7 Å². The predicted molar refractivity (Wildman–Crippen MR) is 92.7 cm³/mol. The first-order valence-corrected chi connectivity index (χ1v) is 8.88. The van der Waals surface area contributed by atoms with E-state index in [0.717, 1.165) is 5.56 Å². The number of carbonyl (C=O) groups is 1. The number of hydrogen-bond donors (Lipinski definition) is 3. The summed E-state index contributed by atoms with van der Waals surface area (Å²) >= 11 is 0. The maximum Gasteiger partial charge on any atom is 0.328 e. The number of nitrogens with zero attached hydrogens (tertiary/aromatic N) is 1. The van der Waals surface area contributed by atoms with Gasteiger partial charge in [-0.15, -0.1) is 0 Å². The number of amides is 2. The number of urea groups is 1. The molecular formula is C16H20N4O3S. The number of aryl methyl sites for hydroxylation is 1. The van der Waals surface area contributed by atoms with Gasteiger partial charge in [-0.25, -0.2) is 22.9 Å². The van der Waals surface area contributed by atoms with Crippen molar-refractivity contribution in [2.24, 2.45) is 0 Å². The Hall–Kier alpha value is -2.61. The number of benzene rings is 1. The van der Waals surface area contributed by atoms with Gasteiger partial charge < -0.3 is 10.6 Å². The van der Waals surface area contributed by atoms with Crippen molar-refractivity contribution < 1.29 is 13.2 Å². The molecule has 0 aliphatic carbocycles. The van der Waals surface area contributed by atoms with E-state index >= 15 is 0 Å². The summed E-state index contributed by atoms with van der Waals surface area (Å²) in [6, 6.07) is 9.35. The van der Waals surface area contributed by atoms with Crippen LogP contribution in [-0.2, 0) is 10.0 Å². The molecule has 0 atom stereocenters. The molecule has 7 nitrogen and oxygen atoms in total. The summed E-state index contributed by atoms with van der Waals surface area (Å²) in [7, 11) is -4.05. The smallest absolute Gasteiger partial charge is 0.328 e. The van der Waals surface area contributed by atoms with Crippen molar-refractivity contribution in [2.45, 2.75) is 31.7 Å². The maximum atomic E-state index is 12.4. The minimum atomic E-state index is -4.05. The first kappa shape index (κ1) is 17.7. The maximum absolute atomic E-state index is 12.4. The van der Waals surface area contributed by atoms with E-state index in [1.807, 2.05) is 35.9 Å². The van der Waals surface area contributed by atoms with Crippen LogP contribution in [0.1, 0.15) is 19.4 Å². The Labute approximate surface area is 141 Å². The first-order valence-electron chi connectivity index (χ1n) is 7.40. The number of anilines is 2. The third-order valence-corrected chi connectivity index (χ3v) is 4.38. The van der Waals surface area contributed by atoms with Crippen molar-refractivity contribution >= 4 is 27.6 Å². The fourth-order valence-electron chi connectivity index (χ4n) is 1.94. The summed E-state index contributed by atoms with van der Waals surface area (Å²) in [5.74, 6) is 0.145. The Balaban J connectivity index is 2.27. The normalized spacial score (nSPS) is 11.2. The number of aromatic nitrogens is 1. The van der Waals surface area contributed by atoms with Crippen molar-refractivity contribution in [3.63, 3.8) is 0 Å². The molecule has 2 aromatic rings. The number of sulfonamides is 1. The number of pyridine rings is 1. The van der Waals surface area contributed by atoms with Crippen LogP contribution >= 0.6 is 0 Å². The van der Waals surface area contributed by atoms with Gasteiger partial charge in [0, 0.05) is 17.9 Å². The zero-order valence-corrected chi connectivity index (χ0v) is 14.5. The van der Waals surface area contributed by atoms with Gasteiger partial charge in [0.2, 0.25) is 0 Å². The van der Waals surface area contributed by atoms with E-state index in [2.05, 4.69) is 15.6 Å². The molecule has 2 amide bonds. The van der Waals surface area contributed by atoms with E-state index in [4.69, 9.17) is 0 Å². The number of hydrogen-bond acceptors (Lipinski definition) is 5. The highest BCUT2D eigenvalue weighted by molar-refractivity contribution is 7.90. The molecule has 0 aliphatic rings. The van der Waals surface area contributed by atoms with E-state index < -0.39 is 16.1 Å². The van der Waals surface area contributed by atoms with Gasteiger partial charge in [-0.2, -0.15) is 0 Å². The molecule has 0 fully saturated rings. The third kappa shape index (κ3) is 4.69. The lowest BCUT2D eigenvalue weighted by Crippen LogP contribution is -2.42. The van der Waals surface area contributed by atoms with E-state index in [0.29, 0.717) is 5.69 Å². The Morgan fingerprint density at radius 1 is 1.12 bits per heavy atom. The van der Waals surface area contributed by atoms with Crippen LogP contribution in [0.2, 0.25) is 0 Å². The van der Waals surface area contributed by atoms with Crippen LogP contribution in [0.25, 0.3) is 0 Å². The third-order valence-electron chi connectivity index (χ3n) is 3.02. The van der Waals surface area contributed by atoms with E-state index in [9.17, 15) is 13.2 Å². The molecule has 1 aromatic carbocycles. The Morgan fingerprint density at radius 3 is 2.42 bits per heavy atom. The minimum Gasteiger partial charge on any atom is -0.339 e. The molecular weight excluding hydrogens is 328 g/mol. The van der Waals surface area contributed by atoms with Crippen molar-refractivity contribution in [2.75, 3.05) is 5.32 Å². The van der Waals surface area contributed by atoms with E-state index in [-0.39, 0.29) is 16.8 Å². The molecule has 0 unspecified atom stereocenters. The van der Waals surface area contributed by atoms with E-state index in [1.165, 1.54) is 18.3 Å². The number of rotatable bonds is 5. The summed E-state index contributed by atoms with van der Waals surface area (Å²) in [5.41, 5.74) is 1.78. The molecule has 3 N–H and O–H groups in total. The number of carbonyl (C=O) groups excluding carboxylic acids is 1. The van der Waals surface area contributed by atoms with Gasteiger partial charge in [0.15, 0.2) is 5.82 Å². The van der Waals surface area contributed by atoms with Crippen LogP contribution in [0.4, 0.5) is 16.3 Å². The minimum absolute atomic E-state index is 0.107. The van der Waals surface area contributed by atoms with Gasteiger partial charge in [0.1, 0.15) is 4.90 Å². The quantitative estimate of drug-likeness (QED) is 0.771. The highest BCUT2D eigenvalue weighted by Crippen LogP contribution is 2.22. The fourth-order valence-corrected chi connectivity index (χ4v) is 2.97. The largest absolute Gasteiger partial charge is 0.339 e. The van der Waals surface area contributed by atoms with Gasteiger partial charge in [0.25, 0.3) is 10.0 Å². The molecule has 0 bridgehead atoms. The molecule has 24 heavy (non-hydrogen) atoms. The molecule has 0 spiro atoms. The molecule has 8 heteroatoms. The lowest BCUT2D eigenvalue weighted by molar-refractivity contribution is 0.243. The zero-order valence-electron chi connectivity index (χ0n) is 13.7. The summed E-state index contributed by atoms with van der Waals surface area (Å²) < 4.78 is 26.9. The van der Waals surface area contributed by atoms with Gasteiger partial charge in [0.05, 0.1) is 0 Å². The Kier molecular flexibility index (Phi) is 5.40. The topological polar surface area (TPSA) is 100 Å².